The Hall–Kier alpha value is -2.09. The number of hydrogen-bond acceptors (Lipinski definition) is 2. The topological polar surface area (TPSA) is 30.2 Å². The van der Waals surface area contributed by atoms with Crippen molar-refractivity contribution in [3.8, 4) is 0 Å². The van der Waals surface area contributed by atoms with Crippen molar-refractivity contribution >= 4 is 11.9 Å². The van der Waals surface area contributed by atoms with Crippen molar-refractivity contribution in [2.75, 3.05) is 0 Å². The molecule has 1 aromatic carbocycles. The summed E-state index contributed by atoms with van der Waals surface area (Å²) in [6.45, 7) is 7.92. The van der Waals surface area contributed by atoms with Crippen molar-refractivity contribution in [1.29, 1.82) is 0 Å². The molecule has 0 saturated carbocycles. The van der Waals surface area contributed by atoms with Crippen molar-refractivity contribution < 1.29 is 9.21 Å². The van der Waals surface area contributed by atoms with Gasteiger partial charge < -0.3 is 4.42 Å². The molecule has 2 aromatic rings. The van der Waals surface area contributed by atoms with E-state index in [1.165, 1.54) is 5.56 Å². The summed E-state index contributed by atoms with van der Waals surface area (Å²) in [7, 11) is 0. The Morgan fingerprint density at radius 2 is 1.68 bits per heavy atom. The van der Waals surface area contributed by atoms with Gasteiger partial charge in [-0.05, 0) is 74.7 Å². The maximum Gasteiger partial charge on any atom is 0.186 e. The van der Waals surface area contributed by atoms with E-state index in [1.807, 2.05) is 45.0 Å². The minimum atomic E-state index is 0.00894. The lowest BCUT2D eigenvalue weighted by Crippen LogP contribution is -1.99. The van der Waals surface area contributed by atoms with Crippen LogP contribution in [-0.2, 0) is 0 Å². The molecule has 0 amide bonds. The summed E-state index contributed by atoms with van der Waals surface area (Å²) in [6.07, 6.45) is 3.28. The summed E-state index contributed by atoms with van der Waals surface area (Å²) in [4.78, 5) is 12.2. The van der Waals surface area contributed by atoms with Crippen LogP contribution in [-0.4, -0.2) is 5.78 Å². The van der Waals surface area contributed by atoms with E-state index in [1.54, 1.807) is 12.2 Å². The lowest BCUT2D eigenvalue weighted by molar-refractivity contribution is 0.104. The zero-order chi connectivity index (χ0) is 14.0. The third-order valence-electron chi connectivity index (χ3n) is 3.27. The number of allylic oxidation sites excluding steroid dienone is 1. The van der Waals surface area contributed by atoms with Crippen molar-refractivity contribution in [1.82, 2.24) is 0 Å². The molecular formula is C17H18O2. The second-order valence-corrected chi connectivity index (χ2v) is 4.90. The average Bonchev–Trinajstić information content (AvgIpc) is 2.77. The molecular weight excluding hydrogens is 236 g/mol. The first-order valence-corrected chi connectivity index (χ1v) is 6.34. The first-order valence-electron chi connectivity index (χ1n) is 6.34. The average molecular weight is 254 g/mol. The normalized spacial score (nSPS) is 11.2. The molecule has 2 nitrogen and oxygen atoms in total. The molecule has 1 heterocycles. The van der Waals surface area contributed by atoms with E-state index in [0.29, 0.717) is 5.76 Å². The van der Waals surface area contributed by atoms with Gasteiger partial charge in [-0.2, -0.15) is 0 Å². The number of rotatable bonds is 3. The number of benzene rings is 1. The zero-order valence-corrected chi connectivity index (χ0v) is 11.8. The smallest absolute Gasteiger partial charge is 0.186 e. The number of carbonyl (C=O) groups is 1. The molecule has 2 heteroatoms. The van der Waals surface area contributed by atoms with Crippen LogP contribution in [0.4, 0.5) is 0 Å². The van der Waals surface area contributed by atoms with Crippen LogP contribution in [0.2, 0.25) is 0 Å². The number of carbonyl (C=O) groups excluding carboxylic acids is 1. The van der Waals surface area contributed by atoms with Crippen LogP contribution in [0.15, 0.2) is 34.8 Å². The molecule has 0 bridgehead atoms. The number of hydrogen-bond donors (Lipinski definition) is 0. The predicted molar refractivity (Wildman–Crippen MR) is 77.5 cm³/mol. The van der Waals surface area contributed by atoms with Gasteiger partial charge in [-0.1, -0.05) is 6.07 Å². The maximum absolute atomic E-state index is 12.2. The molecule has 0 fully saturated rings. The fraction of sp³-hybridized carbons (Fsp3) is 0.235. The molecule has 19 heavy (non-hydrogen) atoms. The third-order valence-corrected chi connectivity index (χ3v) is 3.27. The molecule has 0 N–H and O–H groups in total. The SMILES string of the molecule is Cc1ccc(C=CC(=O)c2cc(C)c(C)cc2C)o1. The summed E-state index contributed by atoms with van der Waals surface area (Å²) in [5.41, 5.74) is 4.10. The van der Waals surface area contributed by atoms with Crippen molar-refractivity contribution in [2.45, 2.75) is 27.7 Å². The molecule has 0 aliphatic rings. The summed E-state index contributed by atoms with van der Waals surface area (Å²) < 4.78 is 5.40. The van der Waals surface area contributed by atoms with Crippen LogP contribution in [0.3, 0.4) is 0 Å². The number of furan rings is 1. The molecule has 0 radical (unpaired) electrons. The molecule has 1 aromatic heterocycles. The predicted octanol–water partition coefficient (Wildman–Crippen LogP) is 4.41. The van der Waals surface area contributed by atoms with E-state index in [2.05, 4.69) is 6.92 Å². The Balaban J connectivity index is 2.25. The van der Waals surface area contributed by atoms with Crippen LogP contribution >= 0.6 is 0 Å². The maximum atomic E-state index is 12.2. The summed E-state index contributed by atoms with van der Waals surface area (Å²) in [5, 5.41) is 0. The molecule has 0 aliphatic carbocycles. The lowest BCUT2D eigenvalue weighted by Gasteiger charge is -2.06. The van der Waals surface area contributed by atoms with E-state index in [9.17, 15) is 4.79 Å². The van der Waals surface area contributed by atoms with Gasteiger partial charge in [0, 0.05) is 5.56 Å². The van der Waals surface area contributed by atoms with Gasteiger partial charge in [0.1, 0.15) is 11.5 Å². The van der Waals surface area contributed by atoms with Gasteiger partial charge in [0.2, 0.25) is 0 Å². The third kappa shape index (κ3) is 3.02. The van der Waals surface area contributed by atoms with Crippen molar-refractivity contribution in [2.24, 2.45) is 0 Å². The van der Waals surface area contributed by atoms with E-state index in [4.69, 9.17) is 4.42 Å². The Kier molecular flexibility index (Phi) is 3.70. The first-order chi connectivity index (χ1) is 8.97. The Morgan fingerprint density at radius 3 is 2.32 bits per heavy atom. The van der Waals surface area contributed by atoms with Gasteiger partial charge in [0.05, 0.1) is 0 Å². The highest BCUT2D eigenvalue weighted by Crippen LogP contribution is 2.17. The standard InChI is InChI=1S/C17H18O2/c1-11-9-13(3)16(10-12(11)2)17(18)8-7-15-6-5-14(4)19-15/h5-10H,1-4H3. The number of ketones is 1. The van der Waals surface area contributed by atoms with E-state index in [-0.39, 0.29) is 5.78 Å². The van der Waals surface area contributed by atoms with Gasteiger partial charge in [-0.3, -0.25) is 4.79 Å². The summed E-state index contributed by atoms with van der Waals surface area (Å²) >= 11 is 0. The molecule has 0 atom stereocenters. The monoisotopic (exact) mass is 254 g/mol. The Morgan fingerprint density at radius 1 is 1.00 bits per heavy atom. The van der Waals surface area contributed by atoms with Crippen LogP contribution in [0.5, 0.6) is 0 Å². The number of aryl methyl sites for hydroxylation is 4. The molecule has 98 valence electrons. The van der Waals surface area contributed by atoms with Gasteiger partial charge in [-0.15, -0.1) is 0 Å². The second kappa shape index (κ2) is 5.27. The van der Waals surface area contributed by atoms with E-state index < -0.39 is 0 Å². The van der Waals surface area contributed by atoms with Gasteiger partial charge in [0.25, 0.3) is 0 Å². The van der Waals surface area contributed by atoms with Gasteiger partial charge in [-0.25, -0.2) is 0 Å². The zero-order valence-electron chi connectivity index (χ0n) is 11.8. The fourth-order valence-corrected chi connectivity index (χ4v) is 2.02. The van der Waals surface area contributed by atoms with E-state index >= 15 is 0 Å². The molecule has 0 aliphatic heterocycles. The summed E-state index contributed by atoms with van der Waals surface area (Å²) in [6, 6.07) is 7.73. The minimum Gasteiger partial charge on any atom is -0.462 e. The second-order valence-electron chi connectivity index (χ2n) is 4.90. The first kappa shape index (κ1) is 13.3. The molecule has 0 spiro atoms. The largest absolute Gasteiger partial charge is 0.462 e. The fourth-order valence-electron chi connectivity index (χ4n) is 2.02. The molecule has 0 saturated heterocycles. The van der Waals surface area contributed by atoms with Crippen molar-refractivity contribution in [3.05, 3.63) is 64.1 Å². The molecule has 2 rings (SSSR count). The van der Waals surface area contributed by atoms with Gasteiger partial charge in [0.15, 0.2) is 5.78 Å². The Labute approximate surface area is 113 Å². The molecule has 0 unspecified atom stereocenters. The highest BCUT2D eigenvalue weighted by Gasteiger charge is 2.08. The van der Waals surface area contributed by atoms with E-state index in [0.717, 1.165) is 22.5 Å². The lowest BCUT2D eigenvalue weighted by atomic mass is 9.98. The Bertz CT molecular complexity index is 645. The minimum absolute atomic E-state index is 0.00894. The van der Waals surface area contributed by atoms with Crippen LogP contribution < -0.4 is 0 Å². The van der Waals surface area contributed by atoms with Crippen LogP contribution in [0.1, 0.15) is 38.6 Å². The van der Waals surface area contributed by atoms with Crippen LogP contribution in [0.25, 0.3) is 6.08 Å². The van der Waals surface area contributed by atoms with Gasteiger partial charge >= 0.3 is 0 Å². The quantitative estimate of drug-likeness (QED) is 0.600. The van der Waals surface area contributed by atoms with Crippen LogP contribution in [0, 0.1) is 27.7 Å². The van der Waals surface area contributed by atoms with Crippen molar-refractivity contribution in [3.63, 3.8) is 0 Å². The highest BCUT2D eigenvalue weighted by molar-refractivity contribution is 6.07. The summed E-state index contributed by atoms with van der Waals surface area (Å²) in [5.74, 6) is 1.55. The highest BCUT2D eigenvalue weighted by atomic mass is 16.3.